The number of hydrogen-bond acceptors (Lipinski definition) is 5. The van der Waals surface area contributed by atoms with Gasteiger partial charge in [-0.25, -0.2) is 4.98 Å². The van der Waals surface area contributed by atoms with E-state index in [0.717, 1.165) is 19.5 Å². The Balaban J connectivity index is 1.70. The molecule has 1 aliphatic heterocycles. The molecule has 0 saturated carbocycles. The van der Waals surface area contributed by atoms with Crippen LogP contribution < -0.4 is 10.5 Å². The first-order chi connectivity index (χ1) is 12.6. The lowest BCUT2D eigenvalue weighted by Crippen LogP contribution is -2.48. The van der Waals surface area contributed by atoms with E-state index in [4.69, 9.17) is 10.5 Å². The van der Waals surface area contributed by atoms with Crippen molar-refractivity contribution < 1.29 is 14.3 Å². The van der Waals surface area contributed by atoms with Gasteiger partial charge >= 0.3 is 0 Å². The molecular formula is C20H23N3O3. The van der Waals surface area contributed by atoms with Gasteiger partial charge in [-0.3, -0.25) is 14.5 Å². The maximum absolute atomic E-state index is 12.4. The average molecular weight is 353 g/mol. The standard InChI is InChI=1S/C20H23N3O3/c1-2-23-11-10-15(20(21)25)12-18(23)26-17-9-8-16(13-22-17)19(24)14-6-4-3-5-7-14/h3-9,13,15,18H,2,10-12H2,1H3,(H2,21,25). The molecule has 2 aromatic rings. The third kappa shape index (κ3) is 4.08. The summed E-state index contributed by atoms with van der Waals surface area (Å²) in [6.45, 7) is 3.64. The summed E-state index contributed by atoms with van der Waals surface area (Å²) in [5.41, 5.74) is 6.58. The summed E-state index contributed by atoms with van der Waals surface area (Å²) in [7, 11) is 0. The van der Waals surface area contributed by atoms with Crippen molar-refractivity contribution in [3.63, 3.8) is 0 Å². The van der Waals surface area contributed by atoms with Gasteiger partial charge in [-0.1, -0.05) is 37.3 Å². The quantitative estimate of drug-likeness (QED) is 0.805. The predicted molar refractivity (Wildman–Crippen MR) is 97.7 cm³/mol. The van der Waals surface area contributed by atoms with Gasteiger partial charge in [0.25, 0.3) is 0 Å². The number of carbonyl (C=O) groups is 2. The monoisotopic (exact) mass is 353 g/mol. The van der Waals surface area contributed by atoms with Crippen molar-refractivity contribution in [3.05, 3.63) is 59.8 Å². The van der Waals surface area contributed by atoms with Gasteiger partial charge in [0, 0.05) is 42.3 Å². The van der Waals surface area contributed by atoms with Crippen LogP contribution in [0.3, 0.4) is 0 Å². The third-order valence-electron chi connectivity index (χ3n) is 4.76. The molecule has 2 heterocycles. The number of aromatic nitrogens is 1. The maximum Gasteiger partial charge on any atom is 0.220 e. The van der Waals surface area contributed by atoms with E-state index in [0.29, 0.717) is 23.4 Å². The molecule has 2 unspecified atom stereocenters. The van der Waals surface area contributed by atoms with E-state index in [1.807, 2.05) is 18.2 Å². The van der Waals surface area contributed by atoms with Gasteiger partial charge in [0.1, 0.15) is 0 Å². The topological polar surface area (TPSA) is 85.5 Å². The van der Waals surface area contributed by atoms with E-state index in [9.17, 15) is 9.59 Å². The van der Waals surface area contributed by atoms with Gasteiger partial charge in [-0.05, 0) is 19.0 Å². The summed E-state index contributed by atoms with van der Waals surface area (Å²) in [4.78, 5) is 30.3. The molecule has 3 rings (SSSR count). The second-order valence-electron chi connectivity index (χ2n) is 6.41. The molecule has 0 aliphatic carbocycles. The second kappa shape index (κ2) is 8.10. The van der Waals surface area contributed by atoms with E-state index >= 15 is 0 Å². The van der Waals surface area contributed by atoms with Crippen molar-refractivity contribution in [2.75, 3.05) is 13.1 Å². The normalized spacial score (nSPS) is 20.5. The Kier molecular flexibility index (Phi) is 5.63. The molecule has 26 heavy (non-hydrogen) atoms. The van der Waals surface area contributed by atoms with Gasteiger partial charge in [-0.2, -0.15) is 0 Å². The van der Waals surface area contributed by atoms with E-state index in [1.54, 1.807) is 24.3 Å². The Bertz CT molecular complexity index is 762. The lowest BCUT2D eigenvalue weighted by molar-refractivity contribution is -0.126. The zero-order valence-electron chi connectivity index (χ0n) is 14.8. The molecule has 1 aromatic heterocycles. The molecule has 6 nitrogen and oxygen atoms in total. The number of primary amides is 1. The lowest BCUT2D eigenvalue weighted by Gasteiger charge is -2.37. The van der Waals surface area contributed by atoms with E-state index in [-0.39, 0.29) is 23.8 Å². The molecule has 0 bridgehead atoms. The summed E-state index contributed by atoms with van der Waals surface area (Å²) in [5, 5.41) is 0. The van der Waals surface area contributed by atoms with Crippen LogP contribution in [0.2, 0.25) is 0 Å². The Morgan fingerprint density at radius 1 is 1.19 bits per heavy atom. The van der Waals surface area contributed by atoms with E-state index < -0.39 is 0 Å². The average Bonchev–Trinajstić information content (AvgIpc) is 2.68. The molecular weight excluding hydrogens is 330 g/mol. The SMILES string of the molecule is CCN1CCC(C(N)=O)CC1Oc1ccc(C(=O)c2ccccc2)cn1. The molecule has 1 fully saturated rings. The second-order valence-corrected chi connectivity index (χ2v) is 6.41. The highest BCUT2D eigenvalue weighted by Crippen LogP contribution is 2.25. The van der Waals surface area contributed by atoms with Crippen LogP contribution in [0.5, 0.6) is 5.88 Å². The third-order valence-corrected chi connectivity index (χ3v) is 4.76. The largest absolute Gasteiger partial charge is 0.458 e. The first kappa shape index (κ1) is 18.1. The number of benzene rings is 1. The fourth-order valence-corrected chi connectivity index (χ4v) is 3.20. The van der Waals surface area contributed by atoms with Crippen LogP contribution in [-0.2, 0) is 4.79 Å². The molecule has 0 spiro atoms. The summed E-state index contributed by atoms with van der Waals surface area (Å²) in [5.74, 6) is -0.109. The highest BCUT2D eigenvalue weighted by molar-refractivity contribution is 6.08. The van der Waals surface area contributed by atoms with Gasteiger partial charge in [-0.15, -0.1) is 0 Å². The Hall–Kier alpha value is -2.73. The number of pyridine rings is 1. The minimum absolute atomic E-state index is 0.0775. The van der Waals surface area contributed by atoms with Crippen molar-refractivity contribution >= 4 is 11.7 Å². The van der Waals surface area contributed by atoms with Gasteiger partial charge in [0.15, 0.2) is 12.0 Å². The van der Waals surface area contributed by atoms with Crippen molar-refractivity contribution in [1.29, 1.82) is 0 Å². The van der Waals surface area contributed by atoms with Crippen LogP contribution in [0.1, 0.15) is 35.7 Å². The minimum Gasteiger partial charge on any atom is -0.458 e. The molecule has 1 aliphatic rings. The van der Waals surface area contributed by atoms with Crippen LogP contribution in [0.25, 0.3) is 0 Å². The zero-order chi connectivity index (χ0) is 18.5. The number of rotatable bonds is 6. The van der Waals surface area contributed by atoms with Crippen LogP contribution in [0.4, 0.5) is 0 Å². The van der Waals surface area contributed by atoms with Crippen molar-refractivity contribution in [2.24, 2.45) is 11.7 Å². The number of hydrogen-bond donors (Lipinski definition) is 1. The molecule has 2 atom stereocenters. The number of ketones is 1. The number of amides is 1. The van der Waals surface area contributed by atoms with Gasteiger partial charge in [0.2, 0.25) is 11.8 Å². The lowest BCUT2D eigenvalue weighted by atomic mass is 9.95. The van der Waals surface area contributed by atoms with Crippen LogP contribution in [0.15, 0.2) is 48.7 Å². The Morgan fingerprint density at radius 2 is 1.96 bits per heavy atom. The summed E-state index contributed by atoms with van der Waals surface area (Å²) < 4.78 is 5.98. The fourth-order valence-electron chi connectivity index (χ4n) is 3.20. The number of ether oxygens (including phenoxy) is 1. The molecule has 1 amide bonds. The summed E-state index contributed by atoms with van der Waals surface area (Å²) in [6, 6.07) is 12.5. The smallest absolute Gasteiger partial charge is 0.220 e. The highest BCUT2D eigenvalue weighted by atomic mass is 16.5. The predicted octanol–water partition coefficient (Wildman–Crippen LogP) is 2.23. The maximum atomic E-state index is 12.4. The number of piperidine rings is 1. The van der Waals surface area contributed by atoms with Crippen molar-refractivity contribution in [2.45, 2.75) is 26.0 Å². The van der Waals surface area contributed by atoms with Gasteiger partial charge < -0.3 is 10.5 Å². The zero-order valence-corrected chi connectivity index (χ0v) is 14.8. The van der Waals surface area contributed by atoms with Crippen molar-refractivity contribution in [1.82, 2.24) is 9.88 Å². The Morgan fingerprint density at radius 3 is 2.58 bits per heavy atom. The van der Waals surface area contributed by atoms with Gasteiger partial charge in [0.05, 0.1) is 0 Å². The highest BCUT2D eigenvalue weighted by Gasteiger charge is 2.32. The number of likely N-dealkylation sites (tertiary alicyclic amines) is 1. The summed E-state index contributed by atoms with van der Waals surface area (Å²) in [6.07, 6.45) is 2.58. The first-order valence-electron chi connectivity index (χ1n) is 8.84. The van der Waals surface area contributed by atoms with Crippen LogP contribution in [-0.4, -0.2) is 40.9 Å². The molecule has 6 heteroatoms. The summed E-state index contributed by atoms with van der Waals surface area (Å²) >= 11 is 0. The van der Waals surface area contributed by atoms with E-state index in [1.165, 1.54) is 6.20 Å². The molecule has 1 saturated heterocycles. The molecule has 1 aromatic carbocycles. The minimum atomic E-state index is -0.286. The molecule has 2 N–H and O–H groups in total. The first-order valence-corrected chi connectivity index (χ1v) is 8.84. The number of nitrogens with zero attached hydrogens (tertiary/aromatic N) is 2. The van der Waals surface area contributed by atoms with Crippen LogP contribution in [0, 0.1) is 5.92 Å². The molecule has 136 valence electrons. The van der Waals surface area contributed by atoms with Crippen LogP contribution >= 0.6 is 0 Å². The number of carbonyl (C=O) groups excluding carboxylic acids is 2. The number of nitrogens with two attached hydrogens (primary N) is 1. The Labute approximate surface area is 153 Å². The fraction of sp³-hybridized carbons (Fsp3) is 0.350. The van der Waals surface area contributed by atoms with E-state index in [2.05, 4.69) is 16.8 Å². The van der Waals surface area contributed by atoms with Crippen molar-refractivity contribution in [3.8, 4) is 5.88 Å². The molecule has 0 radical (unpaired) electrons.